The van der Waals surface area contributed by atoms with E-state index in [1.54, 1.807) is 0 Å². The first-order chi connectivity index (χ1) is 14.5. The Morgan fingerprint density at radius 2 is 1.90 bits per heavy atom. The molecule has 1 unspecified atom stereocenters. The fraction of sp³-hybridized carbons (Fsp3) is 0.636. The van der Waals surface area contributed by atoms with Crippen LogP contribution in [0, 0.1) is 5.92 Å². The molecule has 30 heavy (non-hydrogen) atoms. The van der Waals surface area contributed by atoms with Gasteiger partial charge in [0.25, 0.3) is 0 Å². The average molecular weight is 433 g/mol. The van der Waals surface area contributed by atoms with Gasteiger partial charge in [-0.1, -0.05) is 38.3 Å². The fourth-order valence-electron chi connectivity index (χ4n) is 4.85. The van der Waals surface area contributed by atoms with Gasteiger partial charge in [0.15, 0.2) is 0 Å². The van der Waals surface area contributed by atoms with E-state index in [9.17, 15) is 13.2 Å². The van der Waals surface area contributed by atoms with Crippen LogP contribution >= 0.6 is 0 Å². The van der Waals surface area contributed by atoms with Gasteiger partial charge in [0.1, 0.15) is 0 Å². The Bertz CT molecular complexity index is 995. The monoisotopic (exact) mass is 432 g/mol. The standard InChI is InChI=1S/C22H32N4O3S/c1-2-15-30(28,29)25-14-8-9-17(16-25)21(27)24-22-23-19-12-6-7-13-20(19)26(22)18-10-4-3-5-11-18/h6-7,12-13,17-18H,2-5,8-11,14-16H2,1H3,(H,23,24,27). The summed E-state index contributed by atoms with van der Waals surface area (Å²) in [5.74, 6) is 0.268. The summed E-state index contributed by atoms with van der Waals surface area (Å²) in [5, 5.41) is 3.06. The maximum absolute atomic E-state index is 13.1. The predicted molar refractivity (Wildman–Crippen MR) is 119 cm³/mol. The van der Waals surface area contributed by atoms with Gasteiger partial charge in [-0.05, 0) is 44.2 Å². The summed E-state index contributed by atoms with van der Waals surface area (Å²) in [6, 6.07) is 8.35. The molecule has 8 heteroatoms. The number of para-hydroxylation sites is 2. The Morgan fingerprint density at radius 1 is 1.13 bits per heavy atom. The number of hydrogen-bond donors (Lipinski definition) is 1. The number of rotatable bonds is 6. The highest BCUT2D eigenvalue weighted by Crippen LogP contribution is 2.34. The number of amides is 1. The second-order valence-electron chi connectivity index (χ2n) is 8.59. The summed E-state index contributed by atoms with van der Waals surface area (Å²) in [7, 11) is -3.29. The minimum atomic E-state index is -3.29. The maximum Gasteiger partial charge on any atom is 0.231 e. The average Bonchev–Trinajstić information content (AvgIpc) is 3.12. The molecule has 4 rings (SSSR count). The molecule has 1 atom stereocenters. The minimum absolute atomic E-state index is 0.126. The fourth-order valence-corrected chi connectivity index (χ4v) is 6.44. The molecule has 1 aromatic carbocycles. The molecule has 1 aromatic heterocycles. The zero-order valence-corrected chi connectivity index (χ0v) is 18.5. The highest BCUT2D eigenvalue weighted by Gasteiger charge is 2.33. The quantitative estimate of drug-likeness (QED) is 0.749. The van der Waals surface area contributed by atoms with E-state index in [1.165, 1.54) is 23.6 Å². The van der Waals surface area contributed by atoms with E-state index in [2.05, 4.69) is 16.0 Å². The van der Waals surface area contributed by atoms with Crippen LogP contribution in [0.15, 0.2) is 24.3 Å². The molecule has 2 aromatic rings. The first-order valence-corrected chi connectivity index (χ1v) is 12.9. The van der Waals surface area contributed by atoms with Crippen LogP contribution in [-0.2, 0) is 14.8 Å². The normalized spacial score (nSPS) is 21.7. The van der Waals surface area contributed by atoms with Gasteiger partial charge in [-0.2, -0.15) is 0 Å². The van der Waals surface area contributed by atoms with Gasteiger partial charge in [0.2, 0.25) is 21.9 Å². The Morgan fingerprint density at radius 3 is 2.67 bits per heavy atom. The van der Waals surface area contributed by atoms with Crippen molar-refractivity contribution in [3.8, 4) is 0 Å². The van der Waals surface area contributed by atoms with E-state index in [1.807, 2.05) is 25.1 Å². The smallest absolute Gasteiger partial charge is 0.231 e. The van der Waals surface area contributed by atoms with Crippen molar-refractivity contribution in [3.63, 3.8) is 0 Å². The van der Waals surface area contributed by atoms with Gasteiger partial charge in [0, 0.05) is 19.1 Å². The molecule has 0 spiro atoms. The first-order valence-electron chi connectivity index (χ1n) is 11.2. The van der Waals surface area contributed by atoms with Crippen LogP contribution in [0.25, 0.3) is 11.0 Å². The summed E-state index contributed by atoms with van der Waals surface area (Å²) >= 11 is 0. The number of nitrogens with zero attached hydrogens (tertiary/aromatic N) is 3. The highest BCUT2D eigenvalue weighted by molar-refractivity contribution is 7.89. The van der Waals surface area contributed by atoms with E-state index in [0.29, 0.717) is 37.8 Å². The van der Waals surface area contributed by atoms with E-state index in [4.69, 9.17) is 4.98 Å². The lowest BCUT2D eigenvalue weighted by Gasteiger charge is -2.31. The summed E-state index contributed by atoms with van der Waals surface area (Å²) in [6.45, 7) is 2.63. The number of sulfonamides is 1. The van der Waals surface area contributed by atoms with Crippen molar-refractivity contribution in [2.75, 3.05) is 24.2 Å². The molecular formula is C22H32N4O3S. The van der Waals surface area contributed by atoms with Gasteiger partial charge >= 0.3 is 0 Å². The van der Waals surface area contributed by atoms with Gasteiger partial charge in [-0.15, -0.1) is 0 Å². The van der Waals surface area contributed by atoms with Crippen LogP contribution in [-0.4, -0.2) is 47.0 Å². The van der Waals surface area contributed by atoms with E-state index in [-0.39, 0.29) is 24.1 Å². The highest BCUT2D eigenvalue weighted by atomic mass is 32.2. The van der Waals surface area contributed by atoms with Gasteiger partial charge < -0.3 is 4.57 Å². The first kappa shape index (κ1) is 21.3. The second-order valence-corrected chi connectivity index (χ2v) is 10.7. The van der Waals surface area contributed by atoms with Crippen molar-refractivity contribution in [1.29, 1.82) is 0 Å². The zero-order chi connectivity index (χ0) is 21.1. The number of anilines is 1. The topological polar surface area (TPSA) is 84.3 Å². The van der Waals surface area contributed by atoms with Crippen LogP contribution in [0.3, 0.4) is 0 Å². The summed E-state index contributed by atoms with van der Waals surface area (Å²) in [4.78, 5) is 17.8. The molecule has 1 saturated heterocycles. The molecule has 2 aliphatic rings. The Kier molecular flexibility index (Phi) is 6.43. The minimum Gasteiger partial charge on any atom is -0.307 e. The summed E-state index contributed by atoms with van der Waals surface area (Å²) in [6.07, 6.45) is 7.82. The van der Waals surface area contributed by atoms with Gasteiger partial charge in [-0.25, -0.2) is 17.7 Å². The lowest BCUT2D eigenvalue weighted by Crippen LogP contribution is -2.44. The molecular weight excluding hydrogens is 400 g/mol. The Balaban J connectivity index is 1.56. The predicted octanol–water partition coefficient (Wildman–Crippen LogP) is 3.93. The zero-order valence-electron chi connectivity index (χ0n) is 17.7. The molecule has 164 valence electrons. The Hall–Kier alpha value is -1.93. The molecule has 0 radical (unpaired) electrons. The van der Waals surface area contributed by atoms with Crippen LogP contribution < -0.4 is 5.32 Å². The summed E-state index contributed by atoms with van der Waals surface area (Å²) in [5.41, 5.74) is 1.93. The van der Waals surface area contributed by atoms with E-state index >= 15 is 0 Å². The molecule has 7 nitrogen and oxygen atoms in total. The molecule has 1 saturated carbocycles. The molecule has 0 bridgehead atoms. The number of hydrogen-bond acceptors (Lipinski definition) is 4. The van der Waals surface area contributed by atoms with Crippen LogP contribution in [0.1, 0.15) is 64.3 Å². The Labute approximate surface area is 178 Å². The van der Waals surface area contributed by atoms with Crippen LogP contribution in [0.5, 0.6) is 0 Å². The third kappa shape index (κ3) is 4.39. The van der Waals surface area contributed by atoms with Crippen molar-refractivity contribution in [2.24, 2.45) is 5.92 Å². The number of nitrogens with one attached hydrogen (secondary N) is 1. The van der Waals surface area contributed by atoms with Crippen molar-refractivity contribution in [3.05, 3.63) is 24.3 Å². The molecule has 1 aliphatic carbocycles. The van der Waals surface area contributed by atoms with Crippen molar-refractivity contribution in [2.45, 2.75) is 64.3 Å². The van der Waals surface area contributed by atoms with Crippen molar-refractivity contribution < 1.29 is 13.2 Å². The third-order valence-corrected chi connectivity index (χ3v) is 8.42. The number of aromatic nitrogens is 2. The lowest BCUT2D eigenvalue weighted by molar-refractivity contribution is -0.120. The summed E-state index contributed by atoms with van der Waals surface area (Å²) < 4.78 is 28.6. The molecule has 2 heterocycles. The SMILES string of the molecule is CCCS(=O)(=O)N1CCCC(C(=O)Nc2nc3ccccc3n2C2CCCCC2)C1. The van der Waals surface area contributed by atoms with Crippen LogP contribution in [0.2, 0.25) is 0 Å². The van der Waals surface area contributed by atoms with Crippen molar-refractivity contribution >= 4 is 32.9 Å². The number of piperidine rings is 1. The van der Waals surface area contributed by atoms with Crippen LogP contribution in [0.4, 0.5) is 5.95 Å². The lowest BCUT2D eigenvalue weighted by atomic mass is 9.95. The van der Waals surface area contributed by atoms with Crippen molar-refractivity contribution in [1.82, 2.24) is 13.9 Å². The van der Waals surface area contributed by atoms with Gasteiger partial charge in [0.05, 0.1) is 22.7 Å². The van der Waals surface area contributed by atoms with Gasteiger partial charge in [-0.3, -0.25) is 10.1 Å². The largest absolute Gasteiger partial charge is 0.307 e. The van der Waals surface area contributed by atoms with E-state index < -0.39 is 10.0 Å². The number of imidazole rings is 1. The number of carbonyl (C=O) groups excluding carboxylic acids is 1. The molecule has 1 aliphatic heterocycles. The number of benzene rings is 1. The second kappa shape index (κ2) is 9.06. The third-order valence-electron chi connectivity index (χ3n) is 6.38. The molecule has 1 N–H and O–H groups in total. The molecule has 1 amide bonds. The molecule has 2 fully saturated rings. The number of carbonyl (C=O) groups is 1. The number of fused-ring (bicyclic) bond motifs is 1. The van der Waals surface area contributed by atoms with E-state index in [0.717, 1.165) is 23.9 Å². The maximum atomic E-state index is 13.1.